The molecule has 8 nitrogen and oxygen atoms in total. The molecule has 188 valence electrons. The number of hydrogen-bond donors (Lipinski definition) is 1. The van der Waals surface area contributed by atoms with E-state index in [1.54, 1.807) is 30.9 Å². The monoisotopic (exact) mass is 496 g/mol. The van der Waals surface area contributed by atoms with Gasteiger partial charge in [-0.15, -0.1) is 0 Å². The molecule has 0 aliphatic heterocycles. The molecule has 3 aromatic carbocycles. The molecular weight excluding hydrogens is 468 g/mol. The zero-order valence-corrected chi connectivity index (χ0v) is 21.0. The summed E-state index contributed by atoms with van der Waals surface area (Å²) in [5, 5.41) is 3.57. The van der Waals surface area contributed by atoms with E-state index < -0.39 is 11.2 Å². The number of benzene rings is 3. The maximum atomic E-state index is 13.8. The van der Waals surface area contributed by atoms with Gasteiger partial charge in [0.25, 0.3) is 5.56 Å². The number of methoxy groups -OCH3 is 1. The van der Waals surface area contributed by atoms with Crippen LogP contribution in [0.2, 0.25) is 0 Å². The fraction of sp³-hybridized carbons (Fsp3) is 0.207. The summed E-state index contributed by atoms with van der Waals surface area (Å²) in [6.07, 6.45) is 0. The number of hydrogen-bond acceptors (Lipinski definition) is 4. The Labute approximate surface area is 213 Å². The number of carbonyl (C=O) groups excluding carboxylic acids is 1. The second-order valence-corrected chi connectivity index (χ2v) is 9.15. The van der Waals surface area contributed by atoms with E-state index in [1.807, 2.05) is 67.6 Å². The average molecular weight is 497 g/mol. The lowest BCUT2D eigenvalue weighted by Gasteiger charge is -2.14. The van der Waals surface area contributed by atoms with Gasteiger partial charge in [-0.2, -0.15) is 0 Å². The van der Waals surface area contributed by atoms with Gasteiger partial charge in [-0.3, -0.25) is 18.7 Å². The van der Waals surface area contributed by atoms with Gasteiger partial charge in [-0.25, -0.2) is 4.79 Å². The Morgan fingerprint density at radius 1 is 0.892 bits per heavy atom. The molecular formula is C29H28N4O4. The summed E-state index contributed by atoms with van der Waals surface area (Å²) in [7, 11) is 3.35. The Balaban J connectivity index is 1.64. The van der Waals surface area contributed by atoms with Crippen LogP contribution in [0.1, 0.15) is 16.7 Å². The molecule has 0 atom stereocenters. The molecule has 0 aliphatic carbocycles. The van der Waals surface area contributed by atoms with E-state index in [9.17, 15) is 14.4 Å². The van der Waals surface area contributed by atoms with Crippen LogP contribution in [0.15, 0.2) is 82.4 Å². The zero-order chi connectivity index (χ0) is 26.1. The van der Waals surface area contributed by atoms with E-state index in [0.717, 1.165) is 22.2 Å². The molecule has 0 saturated heterocycles. The second-order valence-electron chi connectivity index (χ2n) is 9.15. The quantitative estimate of drug-likeness (QED) is 0.375. The first-order valence-electron chi connectivity index (χ1n) is 12.0. The summed E-state index contributed by atoms with van der Waals surface area (Å²) >= 11 is 0. The van der Waals surface area contributed by atoms with Crippen molar-refractivity contribution in [3.63, 3.8) is 0 Å². The number of rotatable bonds is 7. The molecule has 2 heterocycles. The number of nitrogens with one attached hydrogen (secondary N) is 1. The number of fused-ring (bicyclic) bond motifs is 3. The van der Waals surface area contributed by atoms with E-state index in [-0.39, 0.29) is 19.0 Å². The Morgan fingerprint density at radius 3 is 2.32 bits per heavy atom. The van der Waals surface area contributed by atoms with Crippen LogP contribution >= 0.6 is 0 Å². The minimum Gasteiger partial charge on any atom is -0.497 e. The maximum absolute atomic E-state index is 13.8. The molecule has 0 unspecified atom stereocenters. The van der Waals surface area contributed by atoms with Crippen LogP contribution in [-0.4, -0.2) is 26.7 Å². The topological polar surface area (TPSA) is 87.3 Å². The van der Waals surface area contributed by atoms with Crippen molar-refractivity contribution >= 4 is 27.8 Å². The van der Waals surface area contributed by atoms with Crippen LogP contribution in [0, 0.1) is 6.92 Å². The van der Waals surface area contributed by atoms with Crippen LogP contribution < -0.4 is 21.3 Å². The summed E-state index contributed by atoms with van der Waals surface area (Å²) in [4.78, 5) is 40.5. The van der Waals surface area contributed by atoms with Crippen LogP contribution in [0.5, 0.6) is 5.75 Å². The molecule has 0 saturated carbocycles. The summed E-state index contributed by atoms with van der Waals surface area (Å²) < 4.78 is 9.76. The van der Waals surface area contributed by atoms with E-state index in [4.69, 9.17) is 4.74 Å². The Hall–Kier alpha value is -4.59. The van der Waals surface area contributed by atoms with Gasteiger partial charge < -0.3 is 14.6 Å². The van der Waals surface area contributed by atoms with Gasteiger partial charge in [-0.1, -0.05) is 60.2 Å². The molecule has 0 spiro atoms. The number of aromatic nitrogens is 3. The molecule has 5 aromatic rings. The highest BCUT2D eigenvalue weighted by molar-refractivity contribution is 6.06. The molecule has 1 amide bonds. The van der Waals surface area contributed by atoms with Crippen molar-refractivity contribution in [3.05, 3.63) is 110 Å². The van der Waals surface area contributed by atoms with E-state index >= 15 is 0 Å². The fourth-order valence-corrected chi connectivity index (χ4v) is 4.66. The molecule has 0 aliphatic rings. The molecule has 5 rings (SSSR count). The normalized spacial score (nSPS) is 11.2. The SMILES string of the molecule is COc1ccc2c(c1)c1c(c(=O)n(Cc3ccccc3)c(=O)n1CC(=O)NCc1ccc(C)cc1)n2C. The van der Waals surface area contributed by atoms with Crippen molar-refractivity contribution in [3.8, 4) is 5.75 Å². The molecule has 37 heavy (non-hydrogen) atoms. The number of aryl methyl sites for hydroxylation is 2. The summed E-state index contributed by atoms with van der Waals surface area (Å²) in [5.41, 5.74) is 3.50. The fourth-order valence-electron chi connectivity index (χ4n) is 4.66. The van der Waals surface area contributed by atoms with Gasteiger partial charge in [-0.05, 0) is 36.2 Å². The van der Waals surface area contributed by atoms with Crippen molar-refractivity contribution in [2.24, 2.45) is 7.05 Å². The van der Waals surface area contributed by atoms with Gasteiger partial charge in [0.05, 0.1) is 24.7 Å². The van der Waals surface area contributed by atoms with E-state index in [2.05, 4.69) is 5.32 Å². The lowest BCUT2D eigenvalue weighted by molar-refractivity contribution is -0.121. The third-order valence-electron chi connectivity index (χ3n) is 6.65. The summed E-state index contributed by atoms with van der Waals surface area (Å²) in [6, 6.07) is 22.6. The number of amides is 1. The molecule has 0 radical (unpaired) electrons. The third kappa shape index (κ3) is 4.53. The largest absolute Gasteiger partial charge is 0.497 e. The number of carbonyl (C=O) groups is 1. The first kappa shape index (κ1) is 24.1. The Morgan fingerprint density at radius 2 is 1.62 bits per heavy atom. The van der Waals surface area contributed by atoms with Gasteiger partial charge in [0.15, 0.2) is 0 Å². The van der Waals surface area contributed by atoms with Gasteiger partial charge in [0.2, 0.25) is 5.91 Å². The van der Waals surface area contributed by atoms with E-state index in [1.165, 1.54) is 9.13 Å². The molecule has 0 fully saturated rings. The lowest BCUT2D eigenvalue weighted by atomic mass is 10.1. The lowest BCUT2D eigenvalue weighted by Crippen LogP contribution is -2.43. The van der Waals surface area contributed by atoms with Crippen LogP contribution in [-0.2, 0) is 31.5 Å². The molecule has 0 bridgehead atoms. The first-order chi connectivity index (χ1) is 17.9. The summed E-state index contributed by atoms with van der Waals surface area (Å²) in [5.74, 6) is 0.269. The minimum atomic E-state index is -0.540. The van der Waals surface area contributed by atoms with Crippen LogP contribution in [0.25, 0.3) is 21.9 Å². The van der Waals surface area contributed by atoms with Crippen molar-refractivity contribution < 1.29 is 9.53 Å². The highest BCUT2D eigenvalue weighted by Crippen LogP contribution is 2.29. The van der Waals surface area contributed by atoms with Crippen molar-refractivity contribution in [1.29, 1.82) is 0 Å². The van der Waals surface area contributed by atoms with Crippen LogP contribution in [0.3, 0.4) is 0 Å². The van der Waals surface area contributed by atoms with Crippen molar-refractivity contribution in [2.45, 2.75) is 26.6 Å². The Bertz CT molecular complexity index is 1730. The Kier molecular flexibility index (Phi) is 6.40. The predicted molar refractivity (Wildman–Crippen MR) is 144 cm³/mol. The smallest absolute Gasteiger partial charge is 0.332 e. The standard InChI is InChI=1S/C29H28N4O4/c1-19-9-11-20(12-10-19)16-30-25(34)18-32-26-23-15-22(37-3)13-14-24(23)31(2)27(26)28(35)33(29(32)36)17-21-7-5-4-6-8-21/h4-15H,16-18H2,1-3H3,(H,30,34). The third-order valence-corrected chi connectivity index (χ3v) is 6.65. The first-order valence-corrected chi connectivity index (χ1v) is 12.0. The maximum Gasteiger partial charge on any atom is 0.332 e. The number of nitrogens with zero attached hydrogens (tertiary/aromatic N) is 3. The minimum absolute atomic E-state index is 0.101. The van der Waals surface area contributed by atoms with Crippen molar-refractivity contribution in [2.75, 3.05) is 7.11 Å². The molecule has 8 heteroatoms. The molecule has 2 aromatic heterocycles. The second kappa shape index (κ2) is 9.81. The van der Waals surface area contributed by atoms with E-state index in [0.29, 0.717) is 28.7 Å². The van der Waals surface area contributed by atoms with Gasteiger partial charge >= 0.3 is 5.69 Å². The highest BCUT2D eigenvalue weighted by atomic mass is 16.5. The highest BCUT2D eigenvalue weighted by Gasteiger charge is 2.22. The molecule has 1 N–H and O–H groups in total. The van der Waals surface area contributed by atoms with Crippen molar-refractivity contribution in [1.82, 2.24) is 19.0 Å². The average Bonchev–Trinajstić information content (AvgIpc) is 3.20. The zero-order valence-electron chi connectivity index (χ0n) is 21.0. The summed E-state index contributed by atoms with van der Waals surface area (Å²) in [6.45, 7) is 2.21. The van der Waals surface area contributed by atoms with Gasteiger partial charge in [0.1, 0.15) is 17.8 Å². The number of ether oxygens (including phenoxy) is 1. The predicted octanol–water partition coefficient (Wildman–Crippen LogP) is 3.34. The van der Waals surface area contributed by atoms with Crippen LogP contribution in [0.4, 0.5) is 0 Å². The van der Waals surface area contributed by atoms with Gasteiger partial charge in [0, 0.05) is 19.0 Å².